The zero-order valence-corrected chi connectivity index (χ0v) is 16.5. The number of para-hydroxylation sites is 1. The maximum absolute atomic E-state index is 12.5. The molecule has 3 aromatic rings. The smallest absolute Gasteiger partial charge is 0.261 e. The van der Waals surface area contributed by atoms with Gasteiger partial charge in [0.2, 0.25) is 5.91 Å². The Bertz CT molecular complexity index is 1090. The first kappa shape index (κ1) is 20.2. The molecule has 7 heteroatoms. The molecule has 0 atom stereocenters. The number of benzene rings is 3. The van der Waals surface area contributed by atoms with Gasteiger partial charge in [0.05, 0.1) is 12.0 Å². The number of carbonyl (C=O) groups excluding carboxylic acids is 1. The Hall–Kier alpha value is -3.58. The molecule has 0 aliphatic heterocycles. The summed E-state index contributed by atoms with van der Waals surface area (Å²) < 4.78 is 32.6. The first-order valence-corrected chi connectivity index (χ1v) is 10.3. The van der Waals surface area contributed by atoms with Crippen LogP contribution >= 0.6 is 0 Å². The molecular weight excluding hydrogens is 388 g/mol. The Balaban J connectivity index is 1.64. The molecule has 0 spiro atoms. The molecule has 3 rings (SSSR count). The average Bonchev–Trinajstić information content (AvgIpc) is 2.73. The topological polar surface area (TPSA) is 84.5 Å². The van der Waals surface area contributed by atoms with Gasteiger partial charge in [-0.2, -0.15) is 0 Å². The van der Waals surface area contributed by atoms with Gasteiger partial charge in [0, 0.05) is 17.5 Å². The number of ether oxygens (including phenoxy) is 1. The molecular formula is C22H20N2O4S. The van der Waals surface area contributed by atoms with Crippen LogP contribution in [0.25, 0.3) is 6.08 Å². The van der Waals surface area contributed by atoms with Crippen molar-refractivity contribution in [2.45, 2.75) is 4.90 Å². The second kappa shape index (κ2) is 9.07. The molecule has 3 aromatic carbocycles. The summed E-state index contributed by atoms with van der Waals surface area (Å²) in [5.41, 5.74) is 1.84. The number of hydrogen-bond donors (Lipinski definition) is 2. The summed E-state index contributed by atoms with van der Waals surface area (Å²) >= 11 is 0. The molecule has 0 unspecified atom stereocenters. The highest BCUT2D eigenvalue weighted by molar-refractivity contribution is 7.92. The predicted molar refractivity (Wildman–Crippen MR) is 114 cm³/mol. The third kappa shape index (κ3) is 5.70. The third-order valence-electron chi connectivity index (χ3n) is 4.00. The molecule has 0 fully saturated rings. The largest absolute Gasteiger partial charge is 0.497 e. The van der Waals surface area contributed by atoms with E-state index in [2.05, 4.69) is 10.0 Å². The van der Waals surface area contributed by atoms with E-state index in [1.165, 1.54) is 18.2 Å². The van der Waals surface area contributed by atoms with Crippen molar-refractivity contribution in [3.8, 4) is 5.75 Å². The summed E-state index contributed by atoms with van der Waals surface area (Å²) in [7, 11) is -2.17. The summed E-state index contributed by atoms with van der Waals surface area (Å²) in [5.74, 6) is 0.370. The molecule has 0 aromatic heterocycles. The molecule has 6 nitrogen and oxygen atoms in total. The Morgan fingerprint density at radius 3 is 2.14 bits per heavy atom. The van der Waals surface area contributed by atoms with Crippen molar-refractivity contribution in [2.75, 3.05) is 17.1 Å². The Kier molecular flexibility index (Phi) is 6.31. The number of hydrogen-bond acceptors (Lipinski definition) is 4. The first-order valence-electron chi connectivity index (χ1n) is 8.77. The zero-order chi connectivity index (χ0) is 20.7. The fourth-order valence-electron chi connectivity index (χ4n) is 2.51. The molecule has 0 bridgehead atoms. The maximum Gasteiger partial charge on any atom is 0.261 e. The van der Waals surface area contributed by atoms with Gasteiger partial charge in [-0.25, -0.2) is 8.42 Å². The number of methoxy groups -OCH3 is 1. The van der Waals surface area contributed by atoms with Crippen LogP contribution in [0, 0.1) is 0 Å². The normalized spacial score (nSPS) is 11.2. The van der Waals surface area contributed by atoms with E-state index in [0.29, 0.717) is 22.7 Å². The Morgan fingerprint density at radius 2 is 1.52 bits per heavy atom. The van der Waals surface area contributed by atoms with Crippen molar-refractivity contribution >= 4 is 33.4 Å². The van der Waals surface area contributed by atoms with Crippen LogP contribution in [0.15, 0.2) is 89.8 Å². The number of nitrogens with one attached hydrogen (secondary N) is 2. The maximum atomic E-state index is 12.5. The second-order valence-electron chi connectivity index (χ2n) is 6.09. The van der Waals surface area contributed by atoms with Gasteiger partial charge in [-0.1, -0.05) is 30.3 Å². The highest BCUT2D eigenvalue weighted by Crippen LogP contribution is 2.20. The van der Waals surface area contributed by atoms with E-state index < -0.39 is 10.0 Å². The molecule has 0 saturated carbocycles. The minimum atomic E-state index is -3.72. The fourth-order valence-corrected chi connectivity index (χ4v) is 3.57. The molecule has 0 heterocycles. The third-order valence-corrected chi connectivity index (χ3v) is 5.40. The number of rotatable bonds is 7. The summed E-state index contributed by atoms with van der Waals surface area (Å²) in [4.78, 5) is 12.1. The minimum absolute atomic E-state index is 0.124. The Morgan fingerprint density at radius 1 is 0.862 bits per heavy atom. The molecule has 148 valence electrons. The molecule has 0 radical (unpaired) electrons. The molecule has 29 heavy (non-hydrogen) atoms. The lowest BCUT2D eigenvalue weighted by Gasteiger charge is -2.09. The quantitative estimate of drug-likeness (QED) is 0.575. The van der Waals surface area contributed by atoms with Gasteiger partial charge in [-0.05, 0) is 60.2 Å². The lowest BCUT2D eigenvalue weighted by atomic mass is 10.2. The van der Waals surface area contributed by atoms with E-state index in [4.69, 9.17) is 4.74 Å². The summed E-state index contributed by atoms with van der Waals surface area (Å²) in [6.45, 7) is 0. The molecule has 0 aliphatic rings. The zero-order valence-electron chi connectivity index (χ0n) is 15.7. The minimum Gasteiger partial charge on any atom is -0.497 e. The SMILES string of the molecule is COc1ccc(NS(=O)(=O)c2ccc(/C=C/C(=O)Nc3ccccc3)cc2)cc1. The molecule has 1 amide bonds. The van der Waals surface area contributed by atoms with Crippen molar-refractivity contribution in [1.82, 2.24) is 0 Å². The van der Waals surface area contributed by atoms with E-state index in [9.17, 15) is 13.2 Å². The predicted octanol–water partition coefficient (Wildman–Crippen LogP) is 4.15. The number of anilines is 2. The van der Waals surface area contributed by atoms with Gasteiger partial charge in [-0.15, -0.1) is 0 Å². The van der Waals surface area contributed by atoms with Crippen LogP contribution in [0.4, 0.5) is 11.4 Å². The molecule has 0 saturated heterocycles. The van der Waals surface area contributed by atoms with E-state index in [0.717, 1.165) is 0 Å². The van der Waals surface area contributed by atoms with Gasteiger partial charge >= 0.3 is 0 Å². The lowest BCUT2D eigenvalue weighted by Crippen LogP contribution is -2.12. The van der Waals surface area contributed by atoms with E-state index in [-0.39, 0.29) is 10.8 Å². The van der Waals surface area contributed by atoms with Crippen LogP contribution in [0.1, 0.15) is 5.56 Å². The summed E-state index contributed by atoms with van der Waals surface area (Å²) in [5, 5.41) is 2.74. The van der Waals surface area contributed by atoms with Crippen LogP contribution in [0.3, 0.4) is 0 Å². The number of sulfonamides is 1. The standard InChI is InChI=1S/C22H20N2O4S/c1-28-20-12-10-19(11-13-20)24-29(26,27)21-14-7-17(8-15-21)9-16-22(25)23-18-5-3-2-4-6-18/h2-16,24H,1H3,(H,23,25)/b16-9+. The van der Waals surface area contributed by atoms with Gasteiger partial charge in [0.25, 0.3) is 10.0 Å². The highest BCUT2D eigenvalue weighted by atomic mass is 32.2. The van der Waals surface area contributed by atoms with Gasteiger partial charge in [-0.3, -0.25) is 9.52 Å². The second-order valence-corrected chi connectivity index (χ2v) is 7.77. The van der Waals surface area contributed by atoms with Gasteiger partial charge < -0.3 is 10.1 Å². The highest BCUT2D eigenvalue weighted by Gasteiger charge is 2.13. The van der Waals surface area contributed by atoms with Crippen molar-refractivity contribution < 1.29 is 17.9 Å². The van der Waals surface area contributed by atoms with E-state index in [1.54, 1.807) is 61.7 Å². The van der Waals surface area contributed by atoms with Crippen molar-refractivity contribution in [2.24, 2.45) is 0 Å². The monoisotopic (exact) mass is 408 g/mol. The van der Waals surface area contributed by atoms with Crippen LogP contribution in [-0.4, -0.2) is 21.4 Å². The fraction of sp³-hybridized carbons (Fsp3) is 0.0455. The molecule has 0 aliphatic carbocycles. The summed E-state index contributed by atoms with van der Waals surface area (Å²) in [6.07, 6.45) is 3.01. The van der Waals surface area contributed by atoms with Crippen LogP contribution in [0.2, 0.25) is 0 Å². The number of carbonyl (C=O) groups is 1. The van der Waals surface area contributed by atoms with E-state index in [1.807, 2.05) is 18.2 Å². The van der Waals surface area contributed by atoms with Crippen molar-refractivity contribution in [1.29, 1.82) is 0 Å². The van der Waals surface area contributed by atoms with Crippen LogP contribution < -0.4 is 14.8 Å². The number of amides is 1. The van der Waals surface area contributed by atoms with Crippen LogP contribution in [0.5, 0.6) is 5.75 Å². The van der Waals surface area contributed by atoms with Crippen molar-refractivity contribution in [3.63, 3.8) is 0 Å². The van der Waals surface area contributed by atoms with Gasteiger partial charge in [0.15, 0.2) is 0 Å². The van der Waals surface area contributed by atoms with Gasteiger partial charge in [0.1, 0.15) is 5.75 Å². The first-order chi connectivity index (χ1) is 14.0. The Labute approximate surface area is 169 Å². The lowest BCUT2D eigenvalue weighted by molar-refractivity contribution is -0.111. The van der Waals surface area contributed by atoms with E-state index >= 15 is 0 Å². The molecule has 2 N–H and O–H groups in total. The van der Waals surface area contributed by atoms with Crippen LogP contribution in [-0.2, 0) is 14.8 Å². The average molecular weight is 408 g/mol. The van der Waals surface area contributed by atoms with Crippen molar-refractivity contribution in [3.05, 3.63) is 90.5 Å². The summed E-state index contributed by atoms with van der Waals surface area (Å²) in [6, 6.07) is 21.9.